The van der Waals surface area contributed by atoms with Crippen LogP contribution >= 0.6 is 28.3 Å². The zero-order chi connectivity index (χ0) is 14.8. The Hall–Kier alpha value is -0.790. The molecule has 1 heterocycles. The van der Waals surface area contributed by atoms with Crippen molar-refractivity contribution in [3.8, 4) is 0 Å². The van der Waals surface area contributed by atoms with Gasteiger partial charge in [0.05, 0.1) is 5.56 Å². The average molecular weight is 388 g/mol. The van der Waals surface area contributed by atoms with Gasteiger partial charge in [0.25, 0.3) is 0 Å². The summed E-state index contributed by atoms with van der Waals surface area (Å²) < 4.78 is 38.4. The molecular weight excluding hydrogens is 373 g/mol. The highest BCUT2D eigenvalue weighted by Crippen LogP contribution is 2.33. The van der Waals surface area contributed by atoms with Crippen LogP contribution in [0.3, 0.4) is 0 Å². The van der Waals surface area contributed by atoms with Gasteiger partial charge < -0.3 is 10.6 Å². The summed E-state index contributed by atoms with van der Waals surface area (Å²) in [5, 5.41) is 5.70. The Morgan fingerprint density at radius 1 is 1.24 bits per heavy atom. The van der Waals surface area contributed by atoms with Crippen LogP contribution in [-0.4, -0.2) is 19.0 Å². The SMILES string of the molecule is Cl.O=C(Nc1cc(Br)cc(C(F)(F)F)c1)C1CCNCC1. The fraction of sp³-hybridized carbons (Fsp3) is 0.462. The summed E-state index contributed by atoms with van der Waals surface area (Å²) in [7, 11) is 0. The zero-order valence-corrected chi connectivity index (χ0v) is 13.4. The van der Waals surface area contributed by atoms with E-state index in [-0.39, 0.29) is 34.4 Å². The molecule has 1 aromatic rings. The molecule has 2 rings (SSSR count). The predicted molar refractivity (Wildman–Crippen MR) is 80.6 cm³/mol. The van der Waals surface area contributed by atoms with Gasteiger partial charge in [0.1, 0.15) is 0 Å². The van der Waals surface area contributed by atoms with Crippen LogP contribution in [-0.2, 0) is 11.0 Å². The molecular formula is C13H15BrClF3N2O. The first-order chi connectivity index (χ1) is 9.36. The highest BCUT2D eigenvalue weighted by Gasteiger charge is 2.31. The summed E-state index contributed by atoms with van der Waals surface area (Å²) in [6.45, 7) is 1.51. The van der Waals surface area contributed by atoms with Crippen LogP contribution in [0.25, 0.3) is 0 Å². The van der Waals surface area contributed by atoms with E-state index in [9.17, 15) is 18.0 Å². The highest BCUT2D eigenvalue weighted by molar-refractivity contribution is 9.10. The zero-order valence-electron chi connectivity index (χ0n) is 11.0. The first-order valence-corrected chi connectivity index (χ1v) is 7.05. The molecule has 0 bridgehead atoms. The van der Waals surface area contributed by atoms with Crippen molar-refractivity contribution in [2.24, 2.45) is 5.92 Å². The van der Waals surface area contributed by atoms with E-state index in [4.69, 9.17) is 0 Å². The average Bonchev–Trinajstić information content (AvgIpc) is 2.38. The standard InChI is InChI=1S/C13H14BrF3N2O.ClH/c14-10-5-9(13(15,16)17)6-11(7-10)19-12(20)8-1-3-18-4-2-8;/h5-8,18H,1-4H2,(H,19,20);1H. The van der Waals surface area contributed by atoms with E-state index >= 15 is 0 Å². The molecule has 0 unspecified atom stereocenters. The summed E-state index contributed by atoms with van der Waals surface area (Å²) in [6, 6.07) is 3.40. The first-order valence-electron chi connectivity index (χ1n) is 6.25. The summed E-state index contributed by atoms with van der Waals surface area (Å²) >= 11 is 3.03. The smallest absolute Gasteiger partial charge is 0.326 e. The maximum absolute atomic E-state index is 12.7. The van der Waals surface area contributed by atoms with Gasteiger partial charge in [0.2, 0.25) is 5.91 Å². The lowest BCUT2D eigenvalue weighted by Crippen LogP contribution is -2.34. The van der Waals surface area contributed by atoms with Crippen molar-refractivity contribution in [3.05, 3.63) is 28.2 Å². The Morgan fingerprint density at radius 3 is 2.43 bits per heavy atom. The number of nitrogens with one attached hydrogen (secondary N) is 2. The van der Waals surface area contributed by atoms with E-state index in [0.29, 0.717) is 12.8 Å². The number of alkyl halides is 3. The molecule has 0 aromatic heterocycles. The van der Waals surface area contributed by atoms with Crippen LogP contribution in [0.1, 0.15) is 18.4 Å². The lowest BCUT2D eigenvalue weighted by Gasteiger charge is -2.22. The third kappa shape index (κ3) is 5.16. The van der Waals surface area contributed by atoms with E-state index in [1.807, 2.05) is 0 Å². The van der Waals surface area contributed by atoms with Gasteiger partial charge in [0, 0.05) is 16.1 Å². The molecule has 1 amide bonds. The molecule has 118 valence electrons. The van der Waals surface area contributed by atoms with Crippen molar-refractivity contribution in [2.75, 3.05) is 18.4 Å². The Morgan fingerprint density at radius 2 is 1.86 bits per heavy atom. The van der Waals surface area contributed by atoms with Crippen molar-refractivity contribution in [3.63, 3.8) is 0 Å². The number of anilines is 1. The van der Waals surface area contributed by atoms with Crippen LogP contribution in [0.4, 0.5) is 18.9 Å². The Balaban J connectivity index is 0.00000220. The molecule has 1 aromatic carbocycles. The largest absolute Gasteiger partial charge is 0.416 e. The van der Waals surface area contributed by atoms with Crippen molar-refractivity contribution >= 4 is 39.9 Å². The molecule has 8 heteroatoms. The highest BCUT2D eigenvalue weighted by atomic mass is 79.9. The molecule has 21 heavy (non-hydrogen) atoms. The van der Waals surface area contributed by atoms with Gasteiger partial charge >= 0.3 is 6.18 Å². The second kappa shape index (κ2) is 7.47. The lowest BCUT2D eigenvalue weighted by molar-refractivity contribution is -0.137. The maximum Gasteiger partial charge on any atom is 0.416 e. The molecule has 1 saturated heterocycles. The lowest BCUT2D eigenvalue weighted by atomic mass is 9.97. The third-order valence-electron chi connectivity index (χ3n) is 3.20. The minimum Gasteiger partial charge on any atom is -0.326 e. The van der Waals surface area contributed by atoms with Crippen LogP contribution in [0.2, 0.25) is 0 Å². The van der Waals surface area contributed by atoms with Crippen molar-refractivity contribution in [1.29, 1.82) is 0 Å². The second-order valence-electron chi connectivity index (χ2n) is 4.74. The van der Waals surface area contributed by atoms with E-state index in [0.717, 1.165) is 25.2 Å². The Bertz CT molecular complexity index is 505. The molecule has 0 radical (unpaired) electrons. The van der Waals surface area contributed by atoms with Crippen LogP contribution in [0.5, 0.6) is 0 Å². The number of carbonyl (C=O) groups excluding carboxylic acids is 1. The predicted octanol–water partition coefficient (Wildman–Crippen LogP) is 3.83. The molecule has 1 aliphatic heterocycles. The van der Waals surface area contributed by atoms with Gasteiger partial charge in [-0.2, -0.15) is 13.2 Å². The van der Waals surface area contributed by atoms with Gasteiger partial charge in [0.15, 0.2) is 0 Å². The first kappa shape index (κ1) is 18.3. The number of halogens is 5. The topological polar surface area (TPSA) is 41.1 Å². The number of rotatable bonds is 2. The van der Waals surface area contributed by atoms with Crippen molar-refractivity contribution < 1.29 is 18.0 Å². The molecule has 0 saturated carbocycles. The van der Waals surface area contributed by atoms with Gasteiger partial charge in [-0.25, -0.2) is 0 Å². The summed E-state index contributed by atoms with van der Waals surface area (Å²) in [6.07, 6.45) is -3.03. The molecule has 0 spiro atoms. The minimum atomic E-state index is -4.43. The normalized spacial score (nSPS) is 16.2. The summed E-state index contributed by atoms with van der Waals surface area (Å²) in [5.74, 6) is -0.373. The van der Waals surface area contributed by atoms with Crippen LogP contribution in [0.15, 0.2) is 22.7 Å². The molecule has 1 fully saturated rings. The number of hydrogen-bond acceptors (Lipinski definition) is 2. The Labute approximate surface area is 135 Å². The monoisotopic (exact) mass is 386 g/mol. The van der Waals surface area contributed by atoms with Gasteiger partial charge in [-0.15, -0.1) is 12.4 Å². The van der Waals surface area contributed by atoms with Crippen molar-refractivity contribution in [2.45, 2.75) is 19.0 Å². The second-order valence-corrected chi connectivity index (χ2v) is 5.66. The molecule has 1 aliphatic rings. The number of piperidine rings is 1. The van der Waals surface area contributed by atoms with Gasteiger partial charge in [-0.1, -0.05) is 15.9 Å². The fourth-order valence-electron chi connectivity index (χ4n) is 2.15. The van der Waals surface area contributed by atoms with Crippen molar-refractivity contribution in [1.82, 2.24) is 5.32 Å². The maximum atomic E-state index is 12.7. The van der Waals surface area contributed by atoms with Crippen LogP contribution in [0, 0.1) is 5.92 Å². The third-order valence-corrected chi connectivity index (χ3v) is 3.66. The Kier molecular flexibility index (Phi) is 6.49. The van der Waals surface area contributed by atoms with Gasteiger partial charge in [-0.05, 0) is 44.1 Å². The number of benzene rings is 1. The number of hydrogen-bond donors (Lipinski definition) is 2. The fourth-order valence-corrected chi connectivity index (χ4v) is 2.65. The number of carbonyl (C=O) groups is 1. The van der Waals surface area contributed by atoms with E-state index in [1.165, 1.54) is 6.07 Å². The van der Waals surface area contributed by atoms with E-state index in [2.05, 4.69) is 26.6 Å². The molecule has 3 nitrogen and oxygen atoms in total. The minimum absolute atomic E-state index is 0. The number of amides is 1. The van der Waals surface area contributed by atoms with E-state index < -0.39 is 11.7 Å². The van der Waals surface area contributed by atoms with Crippen LogP contribution < -0.4 is 10.6 Å². The molecule has 0 atom stereocenters. The molecule has 0 aliphatic carbocycles. The molecule has 2 N–H and O–H groups in total. The summed E-state index contributed by atoms with van der Waals surface area (Å²) in [4.78, 5) is 12.0. The summed E-state index contributed by atoms with van der Waals surface area (Å²) in [5.41, 5.74) is -0.622. The van der Waals surface area contributed by atoms with Gasteiger partial charge in [-0.3, -0.25) is 4.79 Å². The quantitative estimate of drug-likeness (QED) is 0.810. The van der Waals surface area contributed by atoms with E-state index in [1.54, 1.807) is 0 Å².